The molecule has 7 heteroatoms. The van der Waals surface area contributed by atoms with Crippen molar-refractivity contribution in [1.29, 1.82) is 0 Å². The summed E-state index contributed by atoms with van der Waals surface area (Å²) in [5.74, 6) is -0.985. The topological polar surface area (TPSA) is 68.7 Å². The van der Waals surface area contributed by atoms with Gasteiger partial charge in [-0.1, -0.05) is 17.7 Å². The van der Waals surface area contributed by atoms with E-state index < -0.39 is 23.5 Å². The van der Waals surface area contributed by atoms with Gasteiger partial charge in [-0.25, -0.2) is 9.18 Å². The number of hydrogen-bond acceptors (Lipinski definition) is 4. The molecule has 2 heterocycles. The number of carboxylic acids is 1. The molecule has 0 radical (unpaired) electrons. The highest BCUT2D eigenvalue weighted by Crippen LogP contribution is 2.45. The molecule has 5 rings (SSSR count). The molecule has 0 bridgehead atoms. The first-order chi connectivity index (χ1) is 16.5. The van der Waals surface area contributed by atoms with Crippen molar-refractivity contribution in [2.24, 2.45) is 0 Å². The first kappa shape index (κ1) is 23.5. The number of rotatable bonds is 4. The van der Waals surface area contributed by atoms with Gasteiger partial charge in [0.05, 0.1) is 22.7 Å². The van der Waals surface area contributed by atoms with Crippen LogP contribution in [0.2, 0.25) is 5.02 Å². The van der Waals surface area contributed by atoms with Crippen LogP contribution in [-0.4, -0.2) is 28.3 Å². The van der Waals surface area contributed by atoms with Crippen LogP contribution in [0, 0.1) is 12.7 Å². The highest BCUT2D eigenvalue weighted by Gasteiger charge is 2.32. The molecule has 4 aromatic rings. The van der Waals surface area contributed by atoms with Crippen molar-refractivity contribution in [3.63, 3.8) is 0 Å². The number of carboxylic acid groups (broad SMARTS) is 1. The maximum atomic E-state index is 14.8. The third-order valence-electron chi connectivity index (χ3n) is 6.22. The molecule has 5 nitrogen and oxygen atoms in total. The zero-order valence-corrected chi connectivity index (χ0v) is 20.7. The van der Waals surface area contributed by atoms with E-state index in [0.29, 0.717) is 45.1 Å². The summed E-state index contributed by atoms with van der Waals surface area (Å²) in [6.07, 6.45) is 1.20. The normalized spacial score (nSPS) is 14.2. The highest BCUT2D eigenvalue weighted by atomic mass is 35.5. The fraction of sp³-hybridized carbons (Fsp3) is 0.286. The molecule has 0 spiro atoms. The Hall–Kier alpha value is -3.22. The minimum atomic E-state index is -1.28. The molecule has 0 unspecified atom stereocenters. The standard InChI is InChI=1S/C28H25ClFNO4/c1-14-11-16-12-19(29)20(30)13-18(16)24(22(14)26(27(32)33)35-28(2,3)4)17-5-6-21-23-15(8-10-34-21)7-9-31-25(17)23/h5-7,9,11-13,26H,8,10H2,1-4H3,(H,32,33)/t26-/m0/s1. The molecule has 1 aromatic heterocycles. The van der Waals surface area contributed by atoms with E-state index in [0.717, 1.165) is 23.1 Å². The van der Waals surface area contributed by atoms with Gasteiger partial charge in [-0.15, -0.1) is 0 Å². The Morgan fingerprint density at radius 3 is 2.71 bits per heavy atom. The number of aliphatic carboxylic acids is 1. The molecule has 3 aromatic carbocycles. The molecule has 0 saturated heterocycles. The second-order valence-electron chi connectivity index (χ2n) is 9.82. The van der Waals surface area contributed by atoms with Gasteiger partial charge in [-0.05, 0) is 85.5 Å². The van der Waals surface area contributed by atoms with Crippen LogP contribution in [0.4, 0.5) is 4.39 Å². The van der Waals surface area contributed by atoms with Crippen molar-refractivity contribution in [2.75, 3.05) is 6.61 Å². The molecule has 1 N–H and O–H groups in total. The number of aromatic nitrogens is 1. The SMILES string of the molecule is Cc1cc2cc(Cl)c(F)cc2c(-c2ccc3c4c(ccnc24)CCO3)c1[C@H](OC(C)(C)C)C(=O)O. The quantitative estimate of drug-likeness (QED) is 0.330. The van der Waals surface area contributed by atoms with E-state index in [1.807, 2.05) is 31.2 Å². The van der Waals surface area contributed by atoms with Gasteiger partial charge in [0.1, 0.15) is 11.6 Å². The first-order valence-corrected chi connectivity index (χ1v) is 11.8. The molecular formula is C28H25ClFNO4. The summed E-state index contributed by atoms with van der Waals surface area (Å²) in [7, 11) is 0. The second-order valence-corrected chi connectivity index (χ2v) is 10.2. The van der Waals surface area contributed by atoms with Crippen LogP contribution >= 0.6 is 11.6 Å². The van der Waals surface area contributed by atoms with E-state index in [9.17, 15) is 14.3 Å². The number of hydrogen-bond donors (Lipinski definition) is 1. The fourth-order valence-electron chi connectivity index (χ4n) is 4.87. The van der Waals surface area contributed by atoms with Gasteiger partial charge >= 0.3 is 5.97 Å². The van der Waals surface area contributed by atoms with Gasteiger partial charge in [-0.2, -0.15) is 0 Å². The first-order valence-electron chi connectivity index (χ1n) is 11.4. The zero-order chi connectivity index (χ0) is 25.1. The molecule has 1 aliphatic rings. The summed E-state index contributed by atoms with van der Waals surface area (Å²) in [6.45, 7) is 7.83. The van der Waals surface area contributed by atoms with Gasteiger partial charge in [0.25, 0.3) is 0 Å². The van der Waals surface area contributed by atoms with Gasteiger partial charge in [0.2, 0.25) is 0 Å². The number of pyridine rings is 1. The summed E-state index contributed by atoms with van der Waals surface area (Å²) < 4.78 is 26.7. The van der Waals surface area contributed by atoms with Gasteiger partial charge in [0, 0.05) is 29.1 Å². The van der Waals surface area contributed by atoms with Crippen molar-refractivity contribution in [1.82, 2.24) is 4.98 Å². The molecular weight excluding hydrogens is 469 g/mol. The Balaban J connectivity index is 1.94. The van der Waals surface area contributed by atoms with Crippen LogP contribution in [0.25, 0.3) is 32.8 Å². The summed E-state index contributed by atoms with van der Waals surface area (Å²) in [6, 6.07) is 10.4. The van der Waals surface area contributed by atoms with E-state index in [-0.39, 0.29) is 5.02 Å². The Bertz CT molecular complexity index is 1500. The van der Waals surface area contributed by atoms with E-state index in [4.69, 9.17) is 21.1 Å². The molecule has 1 atom stereocenters. The lowest BCUT2D eigenvalue weighted by Crippen LogP contribution is -2.28. The Morgan fingerprint density at radius 1 is 1.23 bits per heavy atom. The van der Waals surface area contributed by atoms with E-state index in [1.165, 1.54) is 6.07 Å². The molecule has 0 amide bonds. The summed E-state index contributed by atoms with van der Waals surface area (Å²) >= 11 is 6.12. The number of benzene rings is 3. The lowest BCUT2D eigenvalue weighted by Gasteiger charge is -2.29. The second kappa shape index (κ2) is 8.47. The third-order valence-corrected chi connectivity index (χ3v) is 6.51. The van der Waals surface area contributed by atoms with Crippen LogP contribution in [0.15, 0.2) is 42.6 Å². The van der Waals surface area contributed by atoms with Crippen molar-refractivity contribution >= 4 is 39.2 Å². The number of carbonyl (C=O) groups is 1. The fourth-order valence-corrected chi connectivity index (χ4v) is 5.04. The minimum absolute atomic E-state index is 0.000234. The summed E-state index contributed by atoms with van der Waals surface area (Å²) in [5.41, 5.74) is 3.44. The van der Waals surface area contributed by atoms with Crippen molar-refractivity contribution in [2.45, 2.75) is 45.8 Å². The molecule has 0 saturated carbocycles. The van der Waals surface area contributed by atoms with Crippen LogP contribution < -0.4 is 4.74 Å². The minimum Gasteiger partial charge on any atom is -0.493 e. The van der Waals surface area contributed by atoms with Crippen LogP contribution in [0.5, 0.6) is 5.75 Å². The van der Waals surface area contributed by atoms with Crippen LogP contribution in [-0.2, 0) is 16.0 Å². The van der Waals surface area contributed by atoms with E-state index >= 15 is 0 Å². The Kier molecular flexibility index (Phi) is 5.69. The van der Waals surface area contributed by atoms with E-state index in [2.05, 4.69) is 4.98 Å². The van der Waals surface area contributed by atoms with Crippen molar-refractivity contribution in [3.05, 3.63) is 70.1 Å². The maximum Gasteiger partial charge on any atom is 0.337 e. The maximum absolute atomic E-state index is 14.8. The molecule has 0 aliphatic carbocycles. The lowest BCUT2D eigenvalue weighted by atomic mass is 9.85. The number of ether oxygens (including phenoxy) is 2. The van der Waals surface area contributed by atoms with Gasteiger partial charge < -0.3 is 14.6 Å². The van der Waals surface area contributed by atoms with Gasteiger partial charge in [0.15, 0.2) is 6.10 Å². The van der Waals surface area contributed by atoms with Crippen molar-refractivity contribution < 1.29 is 23.8 Å². The van der Waals surface area contributed by atoms with Crippen molar-refractivity contribution in [3.8, 4) is 16.9 Å². The number of aryl methyl sites for hydroxylation is 1. The highest BCUT2D eigenvalue weighted by molar-refractivity contribution is 6.31. The predicted molar refractivity (Wildman–Crippen MR) is 135 cm³/mol. The summed E-state index contributed by atoms with van der Waals surface area (Å²) in [5, 5.41) is 12.4. The largest absolute Gasteiger partial charge is 0.493 e. The number of nitrogens with zero attached hydrogens (tertiary/aromatic N) is 1. The lowest BCUT2D eigenvalue weighted by molar-refractivity contribution is -0.160. The average Bonchev–Trinajstić information content (AvgIpc) is 2.78. The molecule has 35 heavy (non-hydrogen) atoms. The van der Waals surface area contributed by atoms with Gasteiger partial charge in [-0.3, -0.25) is 4.98 Å². The monoisotopic (exact) mass is 493 g/mol. The molecule has 180 valence electrons. The third kappa shape index (κ3) is 4.11. The Morgan fingerprint density at radius 2 is 2.00 bits per heavy atom. The average molecular weight is 494 g/mol. The molecule has 1 aliphatic heterocycles. The number of halogens is 2. The van der Waals surface area contributed by atoms with Crippen LogP contribution in [0.3, 0.4) is 0 Å². The Labute approximate surface area is 207 Å². The van der Waals surface area contributed by atoms with E-state index in [1.54, 1.807) is 33.0 Å². The molecule has 0 fully saturated rings. The smallest absolute Gasteiger partial charge is 0.337 e. The summed E-state index contributed by atoms with van der Waals surface area (Å²) in [4.78, 5) is 17.2. The zero-order valence-electron chi connectivity index (χ0n) is 19.9. The number of fused-ring (bicyclic) bond motifs is 1. The predicted octanol–water partition coefficient (Wildman–Crippen LogP) is 7.03. The van der Waals surface area contributed by atoms with Crippen LogP contribution in [0.1, 0.15) is 43.6 Å².